The summed E-state index contributed by atoms with van der Waals surface area (Å²) in [6.45, 7) is 0.557. The van der Waals surface area contributed by atoms with Crippen molar-refractivity contribution in [3.05, 3.63) is 65.2 Å². The summed E-state index contributed by atoms with van der Waals surface area (Å²) < 4.78 is 48.6. The minimum Gasteiger partial charge on any atom is -0.309 e. The number of benzene rings is 2. The second-order valence-corrected chi connectivity index (χ2v) is 6.07. The smallest absolute Gasteiger partial charge is 0.238 e. The SMILES string of the molecule is NS(=O)(=O)c1ccc(CNCc2cccc(F)c2F)cc1. The first-order valence-corrected chi connectivity index (χ1v) is 7.68. The van der Waals surface area contributed by atoms with E-state index in [4.69, 9.17) is 5.14 Å². The Labute approximate surface area is 121 Å². The molecule has 112 valence electrons. The van der Waals surface area contributed by atoms with Gasteiger partial charge in [0.25, 0.3) is 0 Å². The second-order valence-electron chi connectivity index (χ2n) is 4.51. The van der Waals surface area contributed by atoms with Crippen LogP contribution in [0.15, 0.2) is 47.4 Å². The summed E-state index contributed by atoms with van der Waals surface area (Å²) in [5, 5.41) is 7.95. The van der Waals surface area contributed by atoms with Crippen LogP contribution in [0.1, 0.15) is 11.1 Å². The van der Waals surface area contributed by atoms with Gasteiger partial charge in [-0.05, 0) is 23.8 Å². The molecule has 2 aromatic carbocycles. The van der Waals surface area contributed by atoms with E-state index in [0.717, 1.165) is 11.6 Å². The van der Waals surface area contributed by atoms with E-state index in [0.29, 0.717) is 6.54 Å². The Hall–Kier alpha value is -1.83. The van der Waals surface area contributed by atoms with E-state index in [-0.39, 0.29) is 17.0 Å². The predicted octanol–water partition coefficient (Wildman–Crippen LogP) is 1.90. The molecule has 4 nitrogen and oxygen atoms in total. The van der Waals surface area contributed by atoms with Gasteiger partial charge >= 0.3 is 0 Å². The number of hydrogen-bond donors (Lipinski definition) is 2. The third kappa shape index (κ3) is 4.07. The molecule has 0 aliphatic rings. The lowest BCUT2D eigenvalue weighted by Gasteiger charge is -2.07. The molecule has 0 aliphatic heterocycles. The maximum absolute atomic E-state index is 13.4. The molecule has 3 N–H and O–H groups in total. The van der Waals surface area contributed by atoms with Crippen molar-refractivity contribution in [2.75, 3.05) is 0 Å². The topological polar surface area (TPSA) is 72.2 Å². The molecule has 2 aromatic rings. The Morgan fingerprint density at radius 2 is 1.67 bits per heavy atom. The van der Waals surface area contributed by atoms with Crippen LogP contribution in [0.3, 0.4) is 0 Å². The predicted molar refractivity (Wildman–Crippen MR) is 74.7 cm³/mol. The molecule has 0 saturated heterocycles. The molecule has 7 heteroatoms. The molecular formula is C14H14F2N2O2S. The quantitative estimate of drug-likeness (QED) is 0.886. The van der Waals surface area contributed by atoms with E-state index in [9.17, 15) is 17.2 Å². The van der Waals surface area contributed by atoms with E-state index in [1.165, 1.54) is 24.3 Å². The van der Waals surface area contributed by atoms with Gasteiger partial charge < -0.3 is 5.32 Å². The summed E-state index contributed by atoms with van der Waals surface area (Å²) in [6.07, 6.45) is 0. The molecule has 0 aromatic heterocycles. The average molecular weight is 312 g/mol. The van der Waals surface area contributed by atoms with Crippen molar-refractivity contribution in [2.24, 2.45) is 5.14 Å². The fourth-order valence-corrected chi connectivity index (χ4v) is 2.34. The Balaban J connectivity index is 1.96. The zero-order valence-electron chi connectivity index (χ0n) is 11.0. The number of hydrogen-bond acceptors (Lipinski definition) is 3. The molecule has 0 fully saturated rings. The molecule has 0 saturated carbocycles. The van der Waals surface area contributed by atoms with E-state index in [2.05, 4.69) is 5.32 Å². The molecule has 0 radical (unpaired) electrons. The van der Waals surface area contributed by atoms with E-state index in [1.807, 2.05) is 0 Å². The van der Waals surface area contributed by atoms with Crippen molar-refractivity contribution >= 4 is 10.0 Å². The summed E-state index contributed by atoms with van der Waals surface area (Å²) in [7, 11) is -3.71. The summed E-state index contributed by atoms with van der Waals surface area (Å²) in [4.78, 5) is 0.0300. The highest BCUT2D eigenvalue weighted by molar-refractivity contribution is 7.89. The minimum absolute atomic E-state index is 0.0300. The van der Waals surface area contributed by atoms with Gasteiger partial charge in [-0.25, -0.2) is 22.3 Å². The van der Waals surface area contributed by atoms with Crippen molar-refractivity contribution in [1.29, 1.82) is 0 Å². The van der Waals surface area contributed by atoms with Crippen LogP contribution < -0.4 is 10.5 Å². The summed E-state index contributed by atoms with van der Waals surface area (Å²) in [5.41, 5.74) is 1.04. The summed E-state index contributed by atoms with van der Waals surface area (Å²) in [6, 6.07) is 10.0. The number of primary sulfonamides is 1. The summed E-state index contributed by atoms with van der Waals surface area (Å²) >= 11 is 0. The highest BCUT2D eigenvalue weighted by atomic mass is 32.2. The largest absolute Gasteiger partial charge is 0.309 e. The van der Waals surface area contributed by atoms with Crippen molar-refractivity contribution < 1.29 is 17.2 Å². The fraction of sp³-hybridized carbons (Fsp3) is 0.143. The average Bonchev–Trinajstić information content (AvgIpc) is 2.43. The van der Waals surface area contributed by atoms with E-state index in [1.54, 1.807) is 12.1 Å². The third-order valence-corrected chi connectivity index (χ3v) is 3.86. The van der Waals surface area contributed by atoms with Crippen molar-refractivity contribution in [3.63, 3.8) is 0 Å². The molecular weight excluding hydrogens is 298 g/mol. The molecule has 0 unspecified atom stereocenters. The standard InChI is InChI=1S/C14H14F2N2O2S/c15-13-3-1-2-11(14(13)16)9-18-8-10-4-6-12(7-5-10)21(17,19)20/h1-7,18H,8-9H2,(H2,17,19,20). The number of nitrogens with two attached hydrogens (primary N) is 1. The Morgan fingerprint density at radius 1 is 1.00 bits per heavy atom. The molecule has 0 aliphatic carbocycles. The van der Waals surface area contributed by atoms with Gasteiger partial charge in [-0.1, -0.05) is 24.3 Å². The van der Waals surface area contributed by atoms with Crippen molar-refractivity contribution in [3.8, 4) is 0 Å². The van der Waals surface area contributed by atoms with Crippen LogP contribution in [0.2, 0.25) is 0 Å². The van der Waals surface area contributed by atoms with Crippen LogP contribution in [0, 0.1) is 11.6 Å². The van der Waals surface area contributed by atoms with Crippen LogP contribution >= 0.6 is 0 Å². The van der Waals surface area contributed by atoms with Gasteiger partial charge in [-0.2, -0.15) is 0 Å². The zero-order valence-corrected chi connectivity index (χ0v) is 11.8. The van der Waals surface area contributed by atoms with E-state index >= 15 is 0 Å². The van der Waals surface area contributed by atoms with Gasteiger partial charge in [0.15, 0.2) is 11.6 Å². The van der Waals surface area contributed by atoms with Crippen LogP contribution in [0.5, 0.6) is 0 Å². The molecule has 0 atom stereocenters. The molecule has 2 rings (SSSR count). The van der Waals surface area contributed by atoms with Crippen LogP contribution in [0.4, 0.5) is 8.78 Å². The van der Waals surface area contributed by atoms with Gasteiger partial charge in [-0.15, -0.1) is 0 Å². The van der Waals surface area contributed by atoms with Gasteiger partial charge in [0.2, 0.25) is 10.0 Å². The lowest BCUT2D eigenvalue weighted by molar-refractivity contribution is 0.492. The molecule has 21 heavy (non-hydrogen) atoms. The van der Waals surface area contributed by atoms with Gasteiger partial charge in [0.1, 0.15) is 0 Å². The number of rotatable bonds is 5. The van der Waals surface area contributed by atoms with Crippen molar-refractivity contribution in [2.45, 2.75) is 18.0 Å². The van der Waals surface area contributed by atoms with Crippen molar-refractivity contribution in [1.82, 2.24) is 5.32 Å². The highest BCUT2D eigenvalue weighted by Crippen LogP contribution is 2.12. The Morgan fingerprint density at radius 3 is 2.29 bits per heavy atom. The van der Waals surface area contributed by atoms with Gasteiger partial charge in [-0.3, -0.25) is 0 Å². The molecule has 0 bridgehead atoms. The maximum Gasteiger partial charge on any atom is 0.238 e. The lowest BCUT2D eigenvalue weighted by atomic mass is 10.2. The molecule has 0 amide bonds. The first kappa shape index (κ1) is 15.6. The zero-order chi connectivity index (χ0) is 15.5. The van der Waals surface area contributed by atoms with Gasteiger partial charge in [0, 0.05) is 18.7 Å². The van der Waals surface area contributed by atoms with Crippen LogP contribution in [-0.2, 0) is 23.1 Å². The Bertz CT molecular complexity index is 731. The second kappa shape index (κ2) is 6.30. The monoisotopic (exact) mass is 312 g/mol. The number of sulfonamides is 1. The first-order chi connectivity index (χ1) is 9.88. The maximum atomic E-state index is 13.4. The third-order valence-electron chi connectivity index (χ3n) is 2.93. The molecule has 0 spiro atoms. The highest BCUT2D eigenvalue weighted by Gasteiger charge is 2.08. The lowest BCUT2D eigenvalue weighted by Crippen LogP contribution is -2.15. The first-order valence-electron chi connectivity index (χ1n) is 6.13. The molecule has 0 heterocycles. The Kier molecular flexibility index (Phi) is 4.66. The summed E-state index contributed by atoms with van der Waals surface area (Å²) in [5.74, 6) is -1.75. The van der Waals surface area contributed by atoms with Crippen LogP contribution in [-0.4, -0.2) is 8.42 Å². The van der Waals surface area contributed by atoms with E-state index < -0.39 is 21.7 Å². The van der Waals surface area contributed by atoms with Gasteiger partial charge in [0.05, 0.1) is 4.90 Å². The fourth-order valence-electron chi connectivity index (χ4n) is 1.82. The normalized spacial score (nSPS) is 11.6. The minimum atomic E-state index is -3.71. The number of nitrogens with one attached hydrogen (secondary N) is 1. The number of halogens is 2. The van der Waals surface area contributed by atoms with Crippen LogP contribution in [0.25, 0.3) is 0 Å².